The van der Waals surface area contributed by atoms with Crippen molar-refractivity contribution in [1.82, 2.24) is 4.31 Å². The Morgan fingerprint density at radius 3 is 2.42 bits per heavy atom. The normalized spacial score (nSPS) is 15.8. The van der Waals surface area contributed by atoms with Crippen LogP contribution < -0.4 is 5.32 Å². The van der Waals surface area contributed by atoms with Gasteiger partial charge in [0.15, 0.2) is 11.6 Å². The first kappa shape index (κ1) is 23.9. The fourth-order valence-electron chi connectivity index (χ4n) is 3.43. The summed E-state index contributed by atoms with van der Waals surface area (Å²) in [5, 5.41) is 10.9. The Morgan fingerprint density at radius 2 is 1.81 bits per heavy atom. The van der Waals surface area contributed by atoms with Gasteiger partial charge < -0.3 is 10.4 Å². The monoisotopic (exact) mass is 492 g/mol. The molecule has 1 aliphatic rings. The van der Waals surface area contributed by atoms with Crippen molar-refractivity contribution in [2.45, 2.75) is 24.2 Å². The van der Waals surface area contributed by atoms with E-state index in [1.807, 2.05) is 0 Å². The van der Waals surface area contributed by atoms with Gasteiger partial charge in [-0.1, -0.05) is 23.2 Å². The molecule has 2 aromatic rings. The lowest BCUT2D eigenvalue weighted by molar-refractivity contribution is 0.102. The zero-order valence-corrected chi connectivity index (χ0v) is 18.6. The van der Waals surface area contributed by atoms with Crippen LogP contribution in [0.1, 0.15) is 29.6 Å². The van der Waals surface area contributed by atoms with Crippen LogP contribution in [-0.4, -0.2) is 43.4 Å². The largest absolute Gasteiger partial charge is 0.396 e. The number of hydrogen-bond donors (Lipinski definition) is 2. The fourth-order valence-corrected chi connectivity index (χ4v) is 5.34. The molecule has 0 radical (unpaired) electrons. The lowest BCUT2D eigenvalue weighted by Gasteiger charge is -2.31. The molecule has 0 unspecified atom stereocenters. The second-order valence-electron chi connectivity index (χ2n) is 7.21. The van der Waals surface area contributed by atoms with Gasteiger partial charge in [0.1, 0.15) is 0 Å². The maximum absolute atomic E-state index is 13.5. The topological polar surface area (TPSA) is 86.7 Å². The van der Waals surface area contributed by atoms with Crippen LogP contribution in [0, 0.1) is 17.6 Å². The quantitative estimate of drug-likeness (QED) is 0.588. The SMILES string of the molecule is O=C(Nc1cc(F)c(F)c(Cl)c1)c1cc(S(=O)(=O)N2CCC(CCO)CC2)ccc1Cl. The summed E-state index contributed by atoms with van der Waals surface area (Å²) < 4.78 is 54.2. The van der Waals surface area contributed by atoms with Gasteiger partial charge in [-0.25, -0.2) is 17.2 Å². The van der Waals surface area contributed by atoms with Crippen LogP contribution in [-0.2, 0) is 10.0 Å². The van der Waals surface area contributed by atoms with Crippen molar-refractivity contribution in [2.24, 2.45) is 5.92 Å². The summed E-state index contributed by atoms with van der Waals surface area (Å²) in [5.74, 6) is -3.01. The van der Waals surface area contributed by atoms with E-state index in [0.717, 1.165) is 18.2 Å². The average Bonchev–Trinajstić information content (AvgIpc) is 2.72. The van der Waals surface area contributed by atoms with E-state index in [0.29, 0.717) is 32.4 Å². The number of sulfonamides is 1. The zero-order valence-electron chi connectivity index (χ0n) is 16.2. The lowest BCUT2D eigenvalue weighted by atomic mass is 9.95. The summed E-state index contributed by atoms with van der Waals surface area (Å²) in [6.45, 7) is 0.686. The number of aliphatic hydroxyl groups is 1. The molecule has 0 aliphatic carbocycles. The van der Waals surface area contributed by atoms with E-state index < -0.39 is 32.6 Å². The Bertz CT molecular complexity index is 1070. The van der Waals surface area contributed by atoms with Gasteiger partial charge in [-0.05, 0) is 49.4 Å². The highest BCUT2D eigenvalue weighted by Crippen LogP contribution is 2.29. The second-order valence-corrected chi connectivity index (χ2v) is 9.96. The molecular formula is C20H20Cl2F2N2O4S. The summed E-state index contributed by atoms with van der Waals surface area (Å²) in [6, 6.07) is 5.53. The number of nitrogens with one attached hydrogen (secondary N) is 1. The average molecular weight is 493 g/mol. The summed E-state index contributed by atoms with van der Waals surface area (Å²) >= 11 is 11.7. The van der Waals surface area contributed by atoms with E-state index in [4.69, 9.17) is 28.3 Å². The second kappa shape index (κ2) is 9.79. The third kappa shape index (κ3) is 5.35. The first-order chi connectivity index (χ1) is 14.6. The molecule has 0 spiro atoms. The molecular weight excluding hydrogens is 473 g/mol. The van der Waals surface area contributed by atoms with Crippen molar-refractivity contribution in [3.05, 3.63) is 57.6 Å². The van der Waals surface area contributed by atoms with Crippen LogP contribution in [0.2, 0.25) is 10.0 Å². The molecule has 1 saturated heterocycles. The first-order valence-corrected chi connectivity index (χ1v) is 11.7. The van der Waals surface area contributed by atoms with Gasteiger partial charge in [0, 0.05) is 31.5 Å². The highest BCUT2D eigenvalue weighted by atomic mass is 35.5. The Balaban J connectivity index is 1.82. The van der Waals surface area contributed by atoms with E-state index in [1.54, 1.807) is 0 Å². The predicted octanol–water partition coefficient (Wildman–Crippen LogP) is 4.31. The molecule has 3 rings (SSSR count). The zero-order chi connectivity index (χ0) is 22.8. The summed E-state index contributed by atoms with van der Waals surface area (Å²) in [4.78, 5) is 12.5. The first-order valence-electron chi connectivity index (χ1n) is 9.50. The molecule has 1 aliphatic heterocycles. The molecule has 1 heterocycles. The molecule has 1 fully saturated rings. The Morgan fingerprint density at radius 1 is 1.13 bits per heavy atom. The standard InChI is InChI=1S/C20H20Cl2F2N2O4S/c21-16-2-1-14(31(29,30)26-6-3-12(4-7-26)5-8-27)11-15(16)20(28)25-13-9-17(22)19(24)18(23)10-13/h1-2,9-12,27H,3-8H2,(H,25,28). The molecule has 0 atom stereocenters. The van der Waals surface area contributed by atoms with Crippen molar-refractivity contribution in [3.8, 4) is 0 Å². The molecule has 11 heteroatoms. The molecule has 1 amide bonds. The Labute approximate surface area is 188 Å². The van der Waals surface area contributed by atoms with Gasteiger partial charge in [0.25, 0.3) is 5.91 Å². The van der Waals surface area contributed by atoms with E-state index in [2.05, 4.69) is 5.32 Å². The number of rotatable bonds is 6. The molecule has 2 aromatic carbocycles. The van der Waals surface area contributed by atoms with E-state index >= 15 is 0 Å². The maximum Gasteiger partial charge on any atom is 0.257 e. The molecule has 0 saturated carbocycles. The lowest BCUT2D eigenvalue weighted by Crippen LogP contribution is -2.38. The van der Waals surface area contributed by atoms with Crippen molar-refractivity contribution < 1.29 is 27.1 Å². The van der Waals surface area contributed by atoms with Crippen molar-refractivity contribution in [2.75, 3.05) is 25.0 Å². The Hall–Kier alpha value is -1.78. The number of benzene rings is 2. The predicted molar refractivity (Wildman–Crippen MR) is 114 cm³/mol. The highest BCUT2D eigenvalue weighted by molar-refractivity contribution is 7.89. The smallest absolute Gasteiger partial charge is 0.257 e. The van der Waals surface area contributed by atoms with Crippen LogP contribution in [0.15, 0.2) is 35.2 Å². The van der Waals surface area contributed by atoms with Crippen LogP contribution in [0.5, 0.6) is 0 Å². The number of nitrogens with zero attached hydrogens (tertiary/aromatic N) is 1. The molecule has 0 bridgehead atoms. The number of carbonyl (C=O) groups is 1. The summed E-state index contributed by atoms with van der Waals surface area (Å²) in [7, 11) is -3.86. The number of carbonyl (C=O) groups excluding carboxylic acids is 1. The van der Waals surface area contributed by atoms with Crippen molar-refractivity contribution >= 4 is 44.8 Å². The van der Waals surface area contributed by atoms with Gasteiger partial charge in [-0.2, -0.15) is 4.31 Å². The van der Waals surface area contributed by atoms with Gasteiger partial charge in [-0.3, -0.25) is 4.79 Å². The number of hydrogen-bond acceptors (Lipinski definition) is 4. The van der Waals surface area contributed by atoms with Gasteiger partial charge in [0.2, 0.25) is 10.0 Å². The number of piperidine rings is 1. The molecule has 168 valence electrons. The minimum atomic E-state index is -3.86. The van der Waals surface area contributed by atoms with E-state index in [1.165, 1.54) is 16.4 Å². The summed E-state index contributed by atoms with van der Waals surface area (Å²) in [5.41, 5.74) is -0.247. The van der Waals surface area contributed by atoms with Crippen molar-refractivity contribution in [1.29, 1.82) is 0 Å². The number of aliphatic hydroxyl groups excluding tert-OH is 1. The minimum Gasteiger partial charge on any atom is -0.396 e. The van der Waals surface area contributed by atoms with Crippen molar-refractivity contribution in [3.63, 3.8) is 0 Å². The van der Waals surface area contributed by atoms with E-state index in [-0.39, 0.29) is 33.7 Å². The number of amides is 1. The fraction of sp³-hybridized carbons (Fsp3) is 0.350. The van der Waals surface area contributed by atoms with Crippen LogP contribution in [0.3, 0.4) is 0 Å². The number of anilines is 1. The third-order valence-electron chi connectivity index (χ3n) is 5.17. The van der Waals surface area contributed by atoms with Gasteiger partial charge in [-0.15, -0.1) is 0 Å². The van der Waals surface area contributed by atoms with Gasteiger partial charge >= 0.3 is 0 Å². The molecule has 6 nitrogen and oxygen atoms in total. The number of halogens is 4. The van der Waals surface area contributed by atoms with Crippen LogP contribution in [0.4, 0.5) is 14.5 Å². The third-order valence-corrected chi connectivity index (χ3v) is 7.67. The highest BCUT2D eigenvalue weighted by Gasteiger charge is 2.30. The van der Waals surface area contributed by atoms with Gasteiger partial charge in [0.05, 0.1) is 20.5 Å². The minimum absolute atomic E-state index is 0.00761. The Kier molecular flexibility index (Phi) is 7.54. The molecule has 0 aromatic heterocycles. The van der Waals surface area contributed by atoms with Crippen LogP contribution in [0.25, 0.3) is 0 Å². The van der Waals surface area contributed by atoms with Crippen LogP contribution >= 0.6 is 23.2 Å². The molecule has 31 heavy (non-hydrogen) atoms. The molecule has 2 N–H and O–H groups in total. The van der Waals surface area contributed by atoms with E-state index in [9.17, 15) is 22.0 Å². The summed E-state index contributed by atoms with van der Waals surface area (Å²) in [6.07, 6.45) is 1.91. The maximum atomic E-state index is 13.5.